The summed E-state index contributed by atoms with van der Waals surface area (Å²) in [7, 11) is 0. The number of halogens is 2. The highest BCUT2D eigenvalue weighted by molar-refractivity contribution is 14.0. The fraction of sp³-hybridized carbons (Fsp3) is 0.500. The van der Waals surface area contributed by atoms with Crippen LogP contribution in [0.5, 0.6) is 0 Å². The van der Waals surface area contributed by atoms with Gasteiger partial charge in [-0.05, 0) is 36.6 Å². The second-order valence-electron chi connectivity index (χ2n) is 4.66. The predicted octanol–water partition coefficient (Wildman–Crippen LogP) is 1.94. The standard InChI is InChI=1S/C14H20FN3O.HI/c1-11-10-13(15)3-2-12(11)4-5-17-14(16)18-6-8-19-9-7-18;/h2-3,10H,4-9H2,1H3,(H2,16,17);1H. The molecule has 0 saturated carbocycles. The molecule has 1 aliphatic rings. The molecule has 1 fully saturated rings. The molecule has 1 aromatic carbocycles. The number of rotatable bonds is 3. The first-order valence-corrected chi connectivity index (χ1v) is 6.54. The number of aliphatic imine (C=N–C) groups is 1. The van der Waals surface area contributed by atoms with E-state index in [-0.39, 0.29) is 29.8 Å². The van der Waals surface area contributed by atoms with Gasteiger partial charge in [-0.25, -0.2) is 4.39 Å². The average Bonchev–Trinajstić information content (AvgIpc) is 2.42. The summed E-state index contributed by atoms with van der Waals surface area (Å²) in [6.07, 6.45) is 0.775. The van der Waals surface area contributed by atoms with Gasteiger partial charge >= 0.3 is 0 Å². The number of nitrogens with zero attached hydrogens (tertiary/aromatic N) is 2. The Morgan fingerprint density at radius 2 is 2.10 bits per heavy atom. The molecule has 112 valence electrons. The maximum absolute atomic E-state index is 13.0. The summed E-state index contributed by atoms with van der Waals surface area (Å²) in [4.78, 5) is 6.41. The molecule has 0 spiro atoms. The summed E-state index contributed by atoms with van der Waals surface area (Å²) in [6.45, 7) is 5.53. The highest BCUT2D eigenvalue weighted by Gasteiger charge is 2.11. The maximum atomic E-state index is 13.0. The van der Waals surface area contributed by atoms with Gasteiger partial charge in [0.2, 0.25) is 0 Å². The number of hydrogen-bond donors (Lipinski definition) is 1. The Hall–Kier alpha value is -0.890. The fourth-order valence-electron chi connectivity index (χ4n) is 2.12. The second kappa shape index (κ2) is 8.41. The van der Waals surface area contributed by atoms with Gasteiger partial charge in [-0.3, -0.25) is 4.99 Å². The third-order valence-corrected chi connectivity index (χ3v) is 3.29. The van der Waals surface area contributed by atoms with Crippen LogP contribution in [0.25, 0.3) is 0 Å². The first-order chi connectivity index (χ1) is 9.16. The van der Waals surface area contributed by atoms with E-state index in [1.807, 2.05) is 17.9 Å². The molecule has 0 unspecified atom stereocenters. The minimum absolute atomic E-state index is 0. The van der Waals surface area contributed by atoms with Crippen LogP contribution >= 0.6 is 24.0 Å². The third kappa shape index (κ3) is 4.90. The smallest absolute Gasteiger partial charge is 0.191 e. The zero-order valence-corrected chi connectivity index (χ0v) is 14.0. The van der Waals surface area contributed by atoms with Crippen molar-refractivity contribution < 1.29 is 9.13 Å². The number of aryl methyl sites for hydroxylation is 1. The molecule has 0 aliphatic carbocycles. The van der Waals surface area contributed by atoms with Crippen LogP contribution in [0.4, 0.5) is 4.39 Å². The molecule has 1 heterocycles. The molecule has 1 saturated heterocycles. The number of benzene rings is 1. The van der Waals surface area contributed by atoms with Crippen LogP contribution in [-0.4, -0.2) is 43.7 Å². The Balaban J connectivity index is 0.00000200. The predicted molar refractivity (Wildman–Crippen MR) is 89.1 cm³/mol. The second-order valence-corrected chi connectivity index (χ2v) is 4.66. The third-order valence-electron chi connectivity index (χ3n) is 3.29. The van der Waals surface area contributed by atoms with E-state index in [0.29, 0.717) is 25.7 Å². The molecular weight excluding hydrogens is 372 g/mol. The molecule has 0 aromatic heterocycles. The molecule has 1 aromatic rings. The van der Waals surface area contributed by atoms with Gasteiger partial charge in [0.1, 0.15) is 5.82 Å². The number of hydrogen-bond acceptors (Lipinski definition) is 2. The van der Waals surface area contributed by atoms with Gasteiger partial charge in [0.15, 0.2) is 5.96 Å². The molecule has 0 atom stereocenters. The van der Waals surface area contributed by atoms with Gasteiger partial charge in [-0.15, -0.1) is 24.0 Å². The van der Waals surface area contributed by atoms with Crippen LogP contribution in [0.3, 0.4) is 0 Å². The van der Waals surface area contributed by atoms with Crippen LogP contribution in [0, 0.1) is 12.7 Å². The van der Waals surface area contributed by atoms with Crippen LogP contribution in [0.1, 0.15) is 11.1 Å². The first-order valence-electron chi connectivity index (χ1n) is 6.54. The van der Waals surface area contributed by atoms with E-state index in [1.165, 1.54) is 6.07 Å². The lowest BCUT2D eigenvalue weighted by atomic mass is 10.1. The van der Waals surface area contributed by atoms with E-state index < -0.39 is 0 Å². The Labute approximate surface area is 136 Å². The molecule has 1 aliphatic heterocycles. The molecular formula is C14H21FIN3O. The zero-order valence-electron chi connectivity index (χ0n) is 11.6. The van der Waals surface area contributed by atoms with E-state index in [2.05, 4.69) is 4.99 Å². The summed E-state index contributed by atoms with van der Waals surface area (Å²) < 4.78 is 18.2. The van der Waals surface area contributed by atoms with Crippen molar-refractivity contribution in [1.82, 2.24) is 4.90 Å². The van der Waals surface area contributed by atoms with Gasteiger partial charge < -0.3 is 15.4 Å². The highest BCUT2D eigenvalue weighted by atomic mass is 127. The van der Waals surface area contributed by atoms with E-state index >= 15 is 0 Å². The lowest BCUT2D eigenvalue weighted by molar-refractivity contribution is 0.0674. The SMILES string of the molecule is Cc1cc(F)ccc1CCN=C(N)N1CCOCC1.I. The van der Waals surface area contributed by atoms with Crippen LogP contribution in [0.15, 0.2) is 23.2 Å². The van der Waals surface area contributed by atoms with Crippen molar-refractivity contribution in [3.8, 4) is 0 Å². The quantitative estimate of drug-likeness (QED) is 0.485. The molecule has 0 amide bonds. The topological polar surface area (TPSA) is 50.8 Å². The molecule has 4 nitrogen and oxygen atoms in total. The lowest BCUT2D eigenvalue weighted by Crippen LogP contribution is -2.44. The van der Waals surface area contributed by atoms with Crippen molar-refractivity contribution in [2.75, 3.05) is 32.8 Å². The summed E-state index contributed by atoms with van der Waals surface area (Å²) in [5.74, 6) is 0.376. The minimum Gasteiger partial charge on any atom is -0.378 e. The minimum atomic E-state index is -0.197. The first kappa shape index (κ1) is 17.2. The van der Waals surface area contributed by atoms with Crippen molar-refractivity contribution in [3.63, 3.8) is 0 Å². The Morgan fingerprint density at radius 3 is 2.75 bits per heavy atom. The normalized spacial score (nSPS) is 15.9. The van der Waals surface area contributed by atoms with Gasteiger partial charge in [0.25, 0.3) is 0 Å². The zero-order chi connectivity index (χ0) is 13.7. The lowest BCUT2D eigenvalue weighted by Gasteiger charge is -2.27. The largest absolute Gasteiger partial charge is 0.378 e. The maximum Gasteiger partial charge on any atom is 0.191 e. The summed E-state index contributed by atoms with van der Waals surface area (Å²) in [6, 6.07) is 4.84. The van der Waals surface area contributed by atoms with Crippen LogP contribution in [0.2, 0.25) is 0 Å². The van der Waals surface area contributed by atoms with Crippen LogP contribution < -0.4 is 5.73 Å². The van der Waals surface area contributed by atoms with Gasteiger partial charge in [-0.2, -0.15) is 0 Å². The summed E-state index contributed by atoms with van der Waals surface area (Å²) in [5.41, 5.74) is 8.00. The summed E-state index contributed by atoms with van der Waals surface area (Å²) >= 11 is 0. The Morgan fingerprint density at radius 1 is 1.40 bits per heavy atom. The van der Waals surface area contributed by atoms with E-state index in [4.69, 9.17) is 10.5 Å². The number of ether oxygens (including phenoxy) is 1. The van der Waals surface area contributed by atoms with E-state index in [1.54, 1.807) is 6.07 Å². The number of nitrogens with two attached hydrogens (primary N) is 1. The van der Waals surface area contributed by atoms with E-state index in [9.17, 15) is 4.39 Å². The molecule has 20 heavy (non-hydrogen) atoms. The average molecular weight is 393 g/mol. The molecule has 2 N–H and O–H groups in total. The van der Waals surface area contributed by atoms with Crippen molar-refractivity contribution in [2.24, 2.45) is 10.7 Å². The Bertz CT molecular complexity index is 462. The monoisotopic (exact) mass is 393 g/mol. The molecule has 0 bridgehead atoms. The summed E-state index contributed by atoms with van der Waals surface area (Å²) in [5, 5.41) is 0. The van der Waals surface area contributed by atoms with Gasteiger partial charge in [0, 0.05) is 19.6 Å². The van der Waals surface area contributed by atoms with Gasteiger partial charge in [-0.1, -0.05) is 6.07 Å². The van der Waals surface area contributed by atoms with Gasteiger partial charge in [0.05, 0.1) is 13.2 Å². The highest BCUT2D eigenvalue weighted by Crippen LogP contribution is 2.10. The number of morpholine rings is 1. The van der Waals surface area contributed by atoms with Crippen molar-refractivity contribution >= 4 is 29.9 Å². The molecule has 6 heteroatoms. The Kier molecular flexibility index (Phi) is 7.22. The van der Waals surface area contributed by atoms with Crippen LogP contribution in [-0.2, 0) is 11.2 Å². The van der Waals surface area contributed by atoms with Crippen molar-refractivity contribution in [2.45, 2.75) is 13.3 Å². The van der Waals surface area contributed by atoms with E-state index in [0.717, 1.165) is 30.6 Å². The number of guanidine groups is 1. The van der Waals surface area contributed by atoms with Crippen molar-refractivity contribution in [1.29, 1.82) is 0 Å². The fourth-order valence-corrected chi connectivity index (χ4v) is 2.12. The molecule has 2 rings (SSSR count). The van der Waals surface area contributed by atoms with Crippen molar-refractivity contribution in [3.05, 3.63) is 35.1 Å². The molecule has 0 radical (unpaired) electrons.